The smallest absolute Gasteiger partial charge is 0.159 e. The first-order valence-corrected chi connectivity index (χ1v) is 9.60. The predicted molar refractivity (Wildman–Crippen MR) is 114 cm³/mol. The Bertz CT molecular complexity index is 1540. The van der Waals surface area contributed by atoms with Crippen molar-refractivity contribution in [1.29, 1.82) is 0 Å². The van der Waals surface area contributed by atoms with Crippen molar-refractivity contribution in [3.63, 3.8) is 0 Å². The summed E-state index contributed by atoms with van der Waals surface area (Å²) in [5, 5.41) is 15.1. The zero-order valence-corrected chi connectivity index (χ0v) is 16.3. The first kappa shape index (κ1) is 17.5. The maximum atomic E-state index is 14.0. The Balaban J connectivity index is 1.53. The number of aryl methyl sites for hydroxylation is 1. The lowest BCUT2D eigenvalue weighted by atomic mass is 10.0. The maximum Gasteiger partial charge on any atom is 0.159 e. The van der Waals surface area contributed by atoms with Gasteiger partial charge in [0.05, 0.1) is 40.8 Å². The summed E-state index contributed by atoms with van der Waals surface area (Å²) in [4.78, 5) is 16.9. The summed E-state index contributed by atoms with van der Waals surface area (Å²) in [5.74, 6) is 0.299. The molecule has 0 atom stereocenters. The lowest BCUT2D eigenvalue weighted by Gasteiger charge is -2.04. The van der Waals surface area contributed by atoms with Gasteiger partial charge in [-0.25, -0.2) is 9.37 Å². The zero-order valence-electron chi connectivity index (χ0n) is 16.3. The number of pyridine rings is 2. The summed E-state index contributed by atoms with van der Waals surface area (Å²) in [6.07, 6.45) is 8.64. The normalized spacial score (nSPS) is 11.5. The minimum Gasteiger partial charge on any atom is -0.335 e. The molecule has 5 heterocycles. The van der Waals surface area contributed by atoms with Crippen LogP contribution in [0.5, 0.6) is 0 Å². The Morgan fingerprint density at radius 1 is 0.935 bits per heavy atom. The molecule has 31 heavy (non-hydrogen) atoms. The van der Waals surface area contributed by atoms with Crippen molar-refractivity contribution in [3.8, 4) is 33.9 Å². The lowest BCUT2D eigenvalue weighted by Crippen LogP contribution is -1.87. The number of nitrogens with one attached hydrogen (secondary N) is 3. The molecule has 0 saturated carbocycles. The molecule has 9 heteroatoms. The number of aromatic amines is 3. The van der Waals surface area contributed by atoms with Gasteiger partial charge >= 0.3 is 0 Å². The van der Waals surface area contributed by atoms with E-state index in [1.165, 1.54) is 12.1 Å². The van der Waals surface area contributed by atoms with Gasteiger partial charge in [0.25, 0.3) is 0 Å². The Kier molecular flexibility index (Phi) is 3.69. The average Bonchev–Trinajstić information content (AvgIpc) is 3.50. The van der Waals surface area contributed by atoms with Crippen molar-refractivity contribution in [3.05, 3.63) is 66.6 Å². The highest BCUT2D eigenvalue weighted by Crippen LogP contribution is 2.32. The molecule has 0 aliphatic rings. The molecule has 0 amide bonds. The fraction of sp³-hybridized carbons (Fsp3) is 0.0455. The Morgan fingerprint density at radius 2 is 1.87 bits per heavy atom. The van der Waals surface area contributed by atoms with Gasteiger partial charge in [0, 0.05) is 28.9 Å². The van der Waals surface area contributed by atoms with Gasteiger partial charge in [0.15, 0.2) is 5.82 Å². The zero-order chi connectivity index (χ0) is 20.9. The summed E-state index contributed by atoms with van der Waals surface area (Å²) in [7, 11) is 0. The van der Waals surface area contributed by atoms with E-state index in [9.17, 15) is 4.39 Å². The highest BCUT2D eigenvalue weighted by molar-refractivity contribution is 5.97. The molecule has 8 nitrogen and oxygen atoms in total. The summed E-state index contributed by atoms with van der Waals surface area (Å²) in [6.45, 7) is 1.86. The van der Waals surface area contributed by atoms with Crippen molar-refractivity contribution in [2.45, 2.75) is 6.92 Å². The van der Waals surface area contributed by atoms with Crippen LogP contribution in [-0.4, -0.2) is 40.3 Å². The number of hydrogen-bond donors (Lipinski definition) is 3. The number of benzene rings is 1. The maximum absolute atomic E-state index is 14.0. The highest BCUT2D eigenvalue weighted by atomic mass is 19.1. The van der Waals surface area contributed by atoms with E-state index in [-0.39, 0.29) is 5.82 Å². The topological polar surface area (TPSA) is 112 Å². The van der Waals surface area contributed by atoms with Crippen LogP contribution in [0.4, 0.5) is 4.39 Å². The monoisotopic (exact) mass is 410 g/mol. The van der Waals surface area contributed by atoms with Gasteiger partial charge in [-0.05, 0) is 36.2 Å². The van der Waals surface area contributed by atoms with E-state index in [0.717, 1.165) is 44.4 Å². The number of imidazole rings is 1. The fourth-order valence-corrected chi connectivity index (χ4v) is 3.79. The third-order valence-corrected chi connectivity index (χ3v) is 5.21. The van der Waals surface area contributed by atoms with Gasteiger partial charge in [0.1, 0.15) is 11.5 Å². The van der Waals surface area contributed by atoms with E-state index in [2.05, 4.69) is 35.3 Å². The largest absolute Gasteiger partial charge is 0.335 e. The van der Waals surface area contributed by atoms with Crippen molar-refractivity contribution in [2.24, 2.45) is 0 Å². The Labute approximate surface area is 174 Å². The molecule has 6 aromatic rings. The van der Waals surface area contributed by atoms with Crippen LogP contribution in [0.2, 0.25) is 0 Å². The molecule has 5 aromatic heterocycles. The summed E-state index contributed by atoms with van der Waals surface area (Å²) in [5.41, 5.74) is 6.88. The van der Waals surface area contributed by atoms with Gasteiger partial charge in [-0.3, -0.25) is 20.2 Å². The predicted octanol–water partition coefficient (Wildman–Crippen LogP) is 4.40. The molecule has 0 radical (unpaired) electrons. The number of fused-ring (bicyclic) bond motifs is 2. The van der Waals surface area contributed by atoms with E-state index in [4.69, 9.17) is 4.98 Å². The van der Waals surface area contributed by atoms with Crippen molar-refractivity contribution >= 4 is 21.9 Å². The molecule has 3 N–H and O–H groups in total. The number of nitrogens with zero attached hydrogens (tertiary/aromatic N) is 5. The minimum atomic E-state index is -0.291. The van der Waals surface area contributed by atoms with Crippen LogP contribution in [0.3, 0.4) is 0 Å². The second-order valence-electron chi connectivity index (χ2n) is 7.36. The number of hydrogen-bond acceptors (Lipinski definition) is 5. The third kappa shape index (κ3) is 2.86. The van der Waals surface area contributed by atoms with Gasteiger partial charge in [-0.1, -0.05) is 6.07 Å². The van der Waals surface area contributed by atoms with Crippen LogP contribution in [0.25, 0.3) is 55.8 Å². The second-order valence-corrected chi connectivity index (χ2v) is 7.36. The lowest BCUT2D eigenvalue weighted by molar-refractivity contribution is 0.627. The van der Waals surface area contributed by atoms with Crippen LogP contribution in [0.15, 0.2) is 55.2 Å². The molecule has 0 fully saturated rings. The van der Waals surface area contributed by atoms with Gasteiger partial charge in [-0.2, -0.15) is 10.2 Å². The molecule has 0 saturated heterocycles. The summed E-state index contributed by atoms with van der Waals surface area (Å²) in [6, 6.07) is 6.85. The average molecular weight is 410 g/mol. The highest BCUT2D eigenvalue weighted by Gasteiger charge is 2.17. The molecule has 1 aromatic carbocycles. The Hall–Kier alpha value is -4.40. The van der Waals surface area contributed by atoms with Gasteiger partial charge < -0.3 is 4.98 Å². The molecule has 0 spiro atoms. The van der Waals surface area contributed by atoms with Crippen LogP contribution in [0, 0.1) is 12.7 Å². The summed E-state index contributed by atoms with van der Waals surface area (Å²) < 4.78 is 14.0. The van der Waals surface area contributed by atoms with E-state index in [1.807, 2.05) is 19.1 Å². The standard InChI is InChI=1S/C22H15FN8/c1-11-2-12(4-14(23)3-11)16-8-24-9-19-20(16)29-22(28-19)21-15-5-17(13-6-26-27-7-13)25-10-18(15)30-31-21/h2-10H,1H3,(H,26,27)(H,28,29)(H,30,31). The number of aromatic nitrogens is 8. The van der Waals surface area contributed by atoms with E-state index < -0.39 is 0 Å². The molecule has 0 aliphatic carbocycles. The minimum absolute atomic E-state index is 0.291. The molecule has 0 bridgehead atoms. The van der Waals surface area contributed by atoms with Crippen LogP contribution < -0.4 is 0 Å². The molecular formula is C22H15FN8. The van der Waals surface area contributed by atoms with Crippen LogP contribution >= 0.6 is 0 Å². The molecule has 0 aliphatic heterocycles. The van der Waals surface area contributed by atoms with Gasteiger partial charge in [-0.15, -0.1) is 0 Å². The van der Waals surface area contributed by atoms with E-state index in [0.29, 0.717) is 17.0 Å². The Morgan fingerprint density at radius 3 is 2.71 bits per heavy atom. The first-order valence-electron chi connectivity index (χ1n) is 9.60. The van der Waals surface area contributed by atoms with Gasteiger partial charge in [0.2, 0.25) is 0 Å². The third-order valence-electron chi connectivity index (χ3n) is 5.21. The number of halogens is 1. The van der Waals surface area contributed by atoms with Crippen molar-refractivity contribution < 1.29 is 4.39 Å². The molecule has 0 unspecified atom stereocenters. The van der Waals surface area contributed by atoms with E-state index in [1.54, 1.807) is 31.0 Å². The molecule has 6 rings (SSSR count). The first-order chi connectivity index (χ1) is 15.2. The van der Waals surface area contributed by atoms with Crippen molar-refractivity contribution in [2.75, 3.05) is 0 Å². The van der Waals surface area contributed by atoms with Crippen LogP contribution in [-0.2, 0) is 0 Å². The fourth-order valence-electron chi connectivity index (χ4n) is 3.79. The quantitative estimate of drug-likeness (QED) is 0.400. The second kappa shape index (κ2) is 6.56. The SMILES string of the molecule is Cc1cc(F)cc(-c2cncc3[nH]c(-c4n[nH]c5cnc(-c6cn[nH]c6)cc45)nc23)c1. The van der Waals surface area contributed by atoms with Crippen molar-refractivity contribution in [1.82, 2.24) is 40.3 Å². The molecule has 150 valence electrons. The number of H-pyrrole nitrogens is 3. The molecular weight excluding hydrogens is 395 g/mol. The number of rotatable bonds is 3. The summed E-state index contributed by atoms with van der Waals surface area (Å²) >= 11 is 0. The van der Waals surface area contributed by atoms with E-state index >= 15 is 0 Å². The van der Waals surface area contributed by atoms with Crippen LogP contribution in [0.1, 0.15) is 5.56 Å².